The number of Topliss-reactive ketones (excluding diaryl/α,β-unsaturated/α-hetero) is 1. The highest BCUT2D eigenvalue weighted by atomic mass is 16.1. The molecule has 88 valence electrons. The fraction of sp³-hybridized carbons (Fsp3) is 0.533. The van der Waals surface area contributed by atoms with Crippen LogP contribution in [0.3, 0.4) is 0 Å². The highest BCUT2D eigenvalue weighted by molar-refractivity contribution is 5.88. The fourth-order valence-corrected chi connectivity index (χ4v) is 2.20. The molecule has 0 spiro atoms. The van der Waals surface area contributed by atoms with Crippen molar-refractivity contribution in [1.82, 2.24) is 0 Å². The Morgan fingerprint density at radius 3 is 1.94 bits per heavy atom. The van der Waals surface area contributed by atoms with E-state index in [0.717, 1.165) is 6.42 Å². The van der Waals surface area contributed by atoms with Crippen molar-refractivity contribution in [3.05, 3.63) is 35.9 Å². The highest BCUT2D eigenvalue weighted by Gasteiger charge is 2.35. The van der Waals surface area contributed by atoms with E-state index in [4.69, 9.17) is 0 Å². The van der Waals surface area contributed by atoms with E-state index < -0.39 is 0 Å². The highest BCUT2D eigenvalue weighted by Crippen LogP contribution is 2.32. The van der Waals surface area contributed by atoms with Crippen LogP contribution in [-0.4, -0.2) is 5.78 Å². The van der Waals surface area contributed by atoms with Gasteiger partial charge < -0.3 is 0 Å². The summed E-state index contributed by atoms with van der Waals surface area (Å²) in [7, 11) is 0. The molecular formula is C15H22O. The van der Waals surface area contributed by atoms with Gasteiger partial charge in [0.1, 0.15) is 5.78 Å². The summed E-state index contributed by atoms with van der Waals surface area (Å²) in [5, 5.41) is 0. The molecule has 0 amide bonds. The summed E-state index contributed by atoms with van der Waals surface area (Å²) < 4.78 is 0. The zero-order valence-corrected chi connectivity index (χ0v) is 11.0. The van der Waals surface area contributed by atoms with Crippen LogP contribution in [0.15, 0.2) is 30.3 Å². The molecule has 0 heterocycles. The summed E-state index contributed by atoms with van der Waals surface area (Å²) in [5.74, 6) is 0.323. The molecule has 1 aromatic carbocycles. The van der Waals surface area contributed by atoms with Crippen LogP contribution in [0.4, 0.5) is 0 Å². The van der Waals surface area contributed by atoms with Crippen LogP contribution in [0.2, 0.25) is 0 Å². The van der Waals surface area contributed by atoms with Crippen LogP contribution in [0, 0.1) is 10.8 Å². The first-order chi connectivity index (χ1) is 7.23. The summed E-state index contributed by atoms with van der Waals surface area (Å²) in [6.07, 6.45) is 0.809. The summed E-state index contributed by atoms with van der Waals surface area (Å²) in [5.41, 5.74) is 0.669. The number of hydrogen-bond acceptors (Lipinski definition) is 1. The third-order valence-corrected chi connectivity index (χ3v) is 2.78. The zero-order valence-electron chi connectivity index (χ0n) is 11.0. The Balaban J connectivity index is 2.84. The Kier molecular flexibility index (Phi) is 3.57. The molecule has 0 unspecified atom stereocenters. The molecule has 0 atom stereocenters. The van der Waals surface area contributed by atoms with E-state index in [1.54, 1.807) is 0 Å². The average Bonchev–Trinajstić information content (AvgIpc) is 2.16. The van der Waals surface area contributed by atoms with E-state index in [9.17, 15) is 4.79 Å². The monoisotopic (exact) mass is 218 g/mol. The van der Waals surface area contributed by atoms with Crippen molar-refractivity contribution in [2.75, 3.05) is 0 Å². The van der Waals surface area contributed by atoms with Crippen LogP contribution in [0.25, 0.3) is 0 Å². The van der Waals surface area contributed by atoms with Crippen LogP contribution in [0.1, 0.15) is 40.2 Å². The molecule has 0 N–H and O–H groups in total. The minimum absolute atomic E-state index is 0.266. The molecule has 0 saturated heterocycles. The predicted molar refractivity (Wildman–Crippen MR) is 68.4 cm³/mol. The standard InChI is InChI=1S/C15H22O/c1-14(2,3)13(16)15(4,5)11-12-9-7-6-8-10-12/h6-10H,11H2,1-5H3. The Morgan fingerprint density at radius 2 is 1.50 bits per heavy atom. The maximum absolute atomic E-state index is 12.3. The molecular weight excluding hydrogens is 196 g/mol. The lowest BCUT2D eigenvalue weighted by Gasteiger charge is -2.30. The first-order valence-electron chi connectivity index (χ1n) is 5.82. The Labute approximate surface area is 98.9 Å². The number of rotatable bonds is 3. The van der Waals surface area contributed by atoms with Crippen LogP contribution >= 0.6 is 0 Å². The lowest BCUT2D eigenvalue weighted by Crippen LogP contribution is -2.36. The quantitative estimate of drug-likeness (QED) is 0.752. The van der Waals surface area contributed by atoms with Gasteiger partial charge in [-0.25, -0.2) is 0 Å². The molecule has 1 heteroatoms. The second-order valence-corrected chi connectivity index (χ2v) is 6.13. The van der Waals surface area contributed by atoms with Crippen molar-refractivity contribution < 1.29 is 4.79 Å². The van der Waals surface area contributed by atoms with Crippen LogP contribution in [0.5, 0.6) is 0 Å². The second-order valence-electron chi connectivity index (χ2n) is 6.13. The smallest absolute Gasteiger partial charge is 0.144 e. The molecule has 0 fully saturated rings. The number of carbonyl (C=O) groups is 1. The number of carbonyl (C=O) groups excluding carboxylic acids is 1. The van der Waals surface area contributed by atoms with Gasteiger partial charge in [-0.05, 0) is 12.0 Å². The molecule has 0 aliphatic carbocycles. The van der Waals surface area contributed by atoms with Crippen LogP contribution in [-0.2, 0) is 11.2 Å². The Bertz CT molecular complexity index is 355. The van der Waals surface area contributed by atoms with Gasteiger partial charge in [0.25, 0.3) is 0 Å². The zero-order chi connectivity index (χ0) is 12.4. The summed E-state index contributed by atoms with van der Waals surface area (Å²) in [6, 6.07) is 10.2. The summed E-state index contributed by atoms with van der Waals surface area (Å²) in [6.45, 7) is 10.0. The fourth-order valence-electron chi connectivity index (χ4n) is 2.20. The van der Waals surface area contributed by atoms with Crippen molar-refractivity contribution in [1.29, 1.82) is 0 Å². The number of benzene rings is 1. The van der Waals surface area contributed by atoms with Crippen molar-refractivity contribution in [2.24, 2.45) is 10.8 Å². The van der Waals surface area contributed by atoms with Crippen LogP contribution < -0.4 is 0 Å². The van der Waals surface area contributed by atoms with Gasteiger partial charge in [0.15, 0.2) is 0 Å². The van der Waals surface area contributed by atoms with E-state index in [-0.39, 0.29) is 10.8 Å². The van der Waals surface area contributed by atoms with Gasteiger partial charge in [0.2, 0.25) is 0 Å². The normalized spacial score (nSPS) is 12.6. The number of ketones is 1. The van der Waals surface area contributed by atoms with Gasteiger partial charge in [-0.2, -0.15) is 0 Å². The molecule has 1 aromatic rings. The second kappa shape index (κ2) is 4.40. The Hall–Kier alpha value is -1.11. The molecule has 0 aliphatic rings. The van der Waals surface area contributed by atoms with E-state index in [2.05, 4.69) is 12.1 Å². The molecule has 0 bridgehead atoms. The first kappa shape index (κ1) is 13.0. The molecule has 0 aliphatic heterocycles. The molecule has 1 nitrogen and oxygen atoms in total. The minimum atomic E-state index is -0.292. The van der Waals surface area contributed by atoms with Gasteiger partial charge >= 0.3 is 0 Å². The minimum Gasteiger partial charge on any atom is -0.299 e. The predicted octanol–water partition coefficient (Wildman–Crippen LogP) is 3.87. The topological polar surface area (TPSA) is 17.1 Å². The average molecular weight is 218 g/mol. The maximum Gasteiger partial charge on any atom is 0.144 e. The van der Waals surface area contributed by atoms with Gasteiger partial charge in [-0.3, -0.25) is 4.79 Å². The molecule has 1 rings (SSSR count). The largest absolute Gasteiger partial charge is 0.299 e. The van der Waals surface area contributed by atoms with Gasteiger partial charge in [-0.1, -0.05) is 65.0 Å². The van der Waals surface area contributed by atoms with E-state index in [0.29, 0.717) is 5.78 Å². The lowest BCUT2D eigenvalue weighted by atomic mass is 9.72. The summed E-state index contributed by atoms with van der Waals surface area (Å²) >= 11 is 0. The van der Waals surface area contributed by atoms with Crippen molar-refractivity contribution in [3.63, 3.8) is 0 Å². The lowest BCUT2D eigenvalue weighted by molar-refractivity contribution is -0.134. The third kappa shape index (κ3) is 3.19. The first-order valence-corrected chi connectivity index (χ1v) is 5.82. The van der Waals surface area contributed by atoms with E-state index in [1.807, 2.05) is 52.8 Å². The van der Waals surface area contributed by atoms with Gasteiger partial charge in [-0.15, -0.1) is 0 Å². The molecule has 0 saturated carbocycles. The van der Waals surface area contributed by atoms with Crippen molar-refractivity contribution in [3.8, 4) is 0 Å². The van der Waals surface area contributed by atoms with Gasteiger partial charge in [0.05, 0.1) is 0 Å². The molecule has 0 aromatic heterocycles. The number of hydrogen-bond donors (Lipinski definition) is 0. The van der Waals surface area contributed by atoms with Crippen molar-refractivity contribution >= 4 is 5.78 Å². The van der Waals surface area contributed by atoms with Crippen molar-refractivity contribution in [2.45, 2.75) is 41.0 Å². The van der Waals surface area contributed by atoms with E-state index >= 15 is 0 Å². The SMILES string of the molecule is CC(C)(C)C(=O)C(C)(C)Cc1ccccc1. The molecule has 16 heavy (non-hydrogen) atoms. The summed E-state index contributed by atoms with van der Waals surface area (Å²) in [4.78, 5) is 12.3. The molecule has 0 radical (unpaired) electrons. The third-order valence-electron chi connectivity index (χ3n) is 2.78. The maximum atomic E-state index is 12.3. The Morgan fingerprint density at radius 1 is 1.00 bits per heavy atom. The van der Waals surface area contributed by atoms with E-state index in [1.165, 1.54) is 5.56 Å². The van der Waals surface area contributed by atoms with Gasteiger partial charge in [0, 0.05) is 10.8 Å².